The van der Waals surface area contributed by atoms with Crippen molar-refractivity contribution in [3.05, 3.63) is 29.8 Å². The van der Waals surface area contributed by atoms with Crippen LogP contribution in [0.25, 0.3) is 0 Å². The lowest BCUT2D eigenvalue weighted by Gasteiger charge is -2.35. The highest BCUT2D eigenvalue weighted by Gasteiger charge is 2.23. The van der Waals surface area contributed by atoms with Crippen molar-refractivity contribution < 1.29 is 0 Å². The zero-order chi connectivity index (χ0) is 13.0. The number of nitrogens with one attached hydrogen (secondary N) is 1. The molecule has 0 aliphatic carbocycles. The van der Waals surface area contributed by atoms with Gasteiger partial charge in [0.25, 0.3) is 0 Å². The van der Waals surface area contributed by atoms with E-state index in [1.165, 1.54) is 24.1 Å². The smallest absolute Gasteiger partial charge is 0.173 e. The van der Waals surface area contributed by atoms with E-state index in [0.29, 0.717) is 5.92 Å². The highest BCUT2D eigenvalue weighted by molar-refractivity contribution is 7.80. The van der Waals surface area contributed by atoms with Gasteiger partial charge < -0.3 is 10.2 Å². The first kappa shape index (κ1) is 13.3. The minimum absolute atomic E-state index is 0.658. The van der Waals surface area contributed by atoms with Crippen LogP contribution < -0.4 is 10.2 Å². The number of unbranched alkanes of at least 4 members (excludes halogenated alkanes) is 1. The number of fused-ring (bicyclic) bond motifs is 1. The highest BCUT2D eigenvalue weighted by Crippen LogP contribution is 2.29. The Labute approximate surface area is 115 Å². The molecule has 1 aliphatic rings. The van der Waals surface area contributed by atoms with E-state index in [1.54, 1.807) is 0 Å². The van der Waals surface area contributed by atoms with Gasteiger partial charge in [-0.15, -0.1) is 0 Å². The first-order valence-electron chi connectivity index (χ1n) is 6.85. The second kappa shape index (κ2) is 6.19. The van der Waals surface area contributed by atoms with E-state index in [1.807, 2.05) is 0 Å². The Kier molecular flexibility index (Phi) is 4.59. The Morgan fingerprint density at radius 3 is 3.00 bits per heavy atom. The van der Waals surface area contributed by atoms with Gasteiger partial charge in [0, 0.05) is 18.8 Å². The average Bonchev–Trinajstić information content (AvgIpc) is 2.38. The van der Waals surface area contributed by atoms with Gasteiger partial charge in [-0.2, -0.15) is 0 Å². The van der Waals surface area contributed by atoms with Gasteiger partial charge in [-0.3, -0.25) is 0 Å². The number of hydrogen-bond donors (Lipinski definition) is 1. The maximum Gasteiger partial charge on any atom is 0.173 e. The Morgan fingerprint density at radius 1 is 1.44 bits per heavy atom. The fraction of sp³-hybridized carbons (Fsp3) is 0.533. The third-order valence-corrected chi connectivity index (χ3v) is 3.76. The van der Waals surface area contributed by atoms with Crippen LogP contribution >= 0.6 is 12.2 Å². The summed E-state index contributed by atoms with van der Waals surface area (Å²) in [6.45, 7) is 6.48. The van der Waals surface area contributed by atoms with Crippen molar-refractivity contribution in [2.75, 3.05) is 18.0 Å². The Balaban J connectivity index is 2.10. The summed E-state index contributed by atoms with van der Waals surface area (Å²) in [5, 5.41) is 4.25. The molecule has 0 saturated carbocycles. The van der Waals surface area contributed by atoms with Gasteiger partial charge in [0.2, 0.25) is 0 Å². The molecule has 0 saturated heterocycles. The predicted molar refractivity (Wildman–Crippen MR) is 82.2 cm³/mol. The molecule has 2 nitrogen and oxygen atoms in total. The summed E-state index contributed by atoms with van der Waals surface area (Å²) in [7, 11) is 0. The summed E-state index contributed by atoms with van der Waals surface area (Å²) >= 11 is 5.53. The molecule has 1 unspecified atom stereocenters. The van der Waals surface area contributed by atoms with Crippen LogP contribution in [0, 0.1) is 5.92 Å². The number of para-hydroxylation sites is 1. The van der Waals surface area contributed by atoms with Gasteiger partial charge >= 0.3 is 0 Å². The summed E-state index contributed by atoms with van der Waals surface area (Å²) in [6.07, 6.45) is 3.53. The first-order chi connectivity index (χ1) is 8.72. The van der Waals surface area contributed by atoms with E-state index < -0.39 is 0 Å². The van der Waals surface area contributed by atoms with Crippen LogP contribution in [0.5, 0.6) is 0 Å². The van der Waals surface area contributed by atoms with Crippen LogP contribution in [0.1, 0.15) is 32.3 Å². The van der Waals surface area contributed by atoms with Crippen LogP contribution in [0.2, 0.25) is 0 Å². The van der Waals surface area contributed by atoms with Gasteiger partial charge in [-0.05, 0) is 42.6 Å². The standard InChI is InChI=1S/C15H22N2S/c1-3-4-9-16-15(18)17-11-12(2)10-13-7-5-6-8-14(13)17/h5-8,12H,3-4,9-11H2,1-2H3,(H,16,18). The fourth-order valence-corrected chi connectivity index (χ4v) is 2.73. The molecule has 1 aromatic rings. The van der Waals surface area contributed by atoms with E-state index in [0.717, 1.165) is 24.6 Å². The molecule has 1 atom stereocenters. The molecule has 1 heterocycles. The van der Waals surface area contributed by atoms with Gasteiger partial charge in [-0.25, -0.2) is 0 Å². The molecule has 98 valence electrons. The Morgan fingerprint density at radius 2 is 2.22 bits per heavy atom. The maximum absolute atomic E-state index is 5.53. The molecule has 0 radical (unpaired) electrons. The summed E-state index contributed by atoms with van der Waals surface area (Å²) in [6, 6.07) is 8.60. The minimum Gasteiger partial charge on any atom is -0.362 e. The highest BCUT2D eigenvalue weighted by atomic mass is 32.1. The Hall–Kier alpha value is -1.09. The fourth-order valence-electron chi connectivity index (χ4n) is 2.46. The largest absolute Gasteiger partial charge is 0.362 e. The third-order valence-electron chi connectivity index (χ3n) is 3.40. The van der Waals surface area contributed by atoms with E-state index in [2.05, 4.69) is 48.3 Å². The van der Waals surface area contributed by atoms with Crippen LogP contribution in [-0.2, 0) is 6.42 Å². The normalized spacial score (nSPS) is 18.3. The van der Waals surface area contributed by atoms with Gasteiger partial charge in [-0.1, -0.05) is 38.5 Å². The lowest BCUT2D eigenvalue weighted by molar-refractivity contribution is 0.565. The van der Waals surface area contributed by atoms with Crippen LogP contribution in [0.15, 0.2) is 24.3 Å². The van der Waals surface area contributed by atoms with Crippen LogP contribution in [-0.4, -0.2) is 18.2 Å². The molecule has 2 rings (SSSR count). The van der Waals surface area contributed by atoms with Crippen molar-refractivity contribution in [1.82, 2.24) is 5.32 Å². The zero-order valence-electron chi connectivity index (χ0n) is 11.3. The molecule has 0 bridgehead atoms. The molecule has 1 N–H and O–H groups in total. The number of anilines is 1. The number of thiocarbonyl (C=S) groups is 1. The Bertz CT molecular complexity index is 417. The zero-order valence-corrected chi connectivity index (χ0v) is 12.1. The number of benzene rings is 1. The average molecular weight is 262 g/mol. The molecule has 0 spiro atoms. The topological polar surface area (TPSA) is 15.3 Å². The second-order valence-electron chi connectivity index (χ2n) is 5.13. The van der Waals surface area contributed by atoms with Gasteiger partial charge in [0.15, 0.2) is 5.11 Å². The van der Waals surface area contributed by atoms with E-state index in [9.17, 15) is 0 Å². The summed E-state index contributed by atoms with van der Waals surface area (Å²) in [5.74, 6) is 0.658. The quantitative estimate of drug-likeness (QED) is 0.664. The number of hydrogen-bond acceptors (Lipinski definition) is 1. The minimum atomic E-state index is 0.658. The summed E-state index contributed by atoms with van der Waals surface area (Å²) in [5.41, 5.74) is 2.69. The molecule has 0 fully saturated rings. The molecule has 18 heavy (non-hydrogen) atoms. The number of nitrogens with zero attached hydrogens (tertiary/aromatic N) is 1. The second-order valence-corrected chi connectivity index (χ2v) is 5.52. The lowest BCUT2D eigenvalue weighted by Crippen LogP contribution is -2.45. The molecule has 1 aliphatic heterocycles. The van der Waals surface area contributed by atoms with Crippen molar-refractivity contribution in [2.45, 2.75) is 33.1 Å². The van der Waals surface area contributed by atoms with Crippen molar-refractivity contribution in [3.8, 4) is 0 Å². The monoisotopic (exact) mass is 262 g/mol. The summed E-state index contributed by atoms with van der Waals surface area (Å²) in [4.78, 5) is 2.26. The van der Waals surface area contributed by atoms with Crippen molar-refractivity contribution in [3.63, 3.8) is 0 Å². The van der Waals surface area contributed by atoms with Crippen LogP contribution in [0.3, 0.4) is 0 Å². The maximum atomic E-state index is 5.53. The molecule has 3 heteroatoms. The molecule has 0 amide bonds. The number of rotatable bonds is 3. The molecular formula is C15H22N2S. The van der Waals surface area contributed by atoms with E-state index in [4.69, 9.17) is 12.2 Å². The molecular weight excluding hydrogens is 240 g/mol. The van der Waals surface area contributed by atoms with Gasteiger partial charge in [0.05, 0.1) is 0 Å². The first-order valence-corrected chi connectivity index (χ1v) is 7.26. The van der Waals surface area contributed by atoms with Gasteiger partial charge in [0.1, 0.15) is 0 Å². The van der Waals surface area contributed by atoms with Crippen molar-refractivity contribution in [1.29, 1.82) is 0 Å². The summed E-state index contributed by atoms with van der Waals surface area (Å²) < 4.78 is 0. The van der Waals surface area contributed by atoms with Crippen molar-refractivity contribution in [2.24, 2.45) is 5.92 Å². The van der Waals surface area contributed by atoms with E-state index in [-0.39, 0.29) is 0 Å². The molecule has 1 aromatic carbocycles. The van der Waals surface area contributed by atoms with Crippen molar-refractivity contribution >= 4 is 23.0 Å². The third kappa shape index (κ3) is 3.02. The molecule has 0 aromatic heterocycles. The predicted octanol–water partition coefficient (Wildman–Crippen LogP) is 3.36. The van der Waals surface area contributed by atoms with Crippen LogP contribution in [0.4, 0.5) is 5.69 Å². The SMILES string of the molecule is CCCCNC(=S)N1CC(C)Cc2ccccc21. The van der Waals surface area contributed by atoms with E-state index >= 15 is 0 Å². The lowest BCUT2D eigenvalue weighted by atomic mass is 9.94.